The molecule has 0 aliphatic heterocycles. The Morgan fingerprint density at radius 1 is 1.18 bits per heavy atom. The Balaban J connectivity index is 1.88. The molecule has 2 aromatic carbocycles. The third kappa shape index (κ3) is 5.69. The first-order valence-electron chi connectivity index (χ1n) is 10.1. The Hall–Kier alpha value is -3.96. The largest absolute Gasteiger partial charge is 0.394 e. The van der Waals surface area contributed by atoms with Crippen LogP contribution in [0.2, 0.25) is 0 Å². The van der Waals surface area contributed by atoms with Crippen LogP contribution in [0.3, 0.4) is 0 Å². The van der Waals surface area contributed by atoms with Gasteiger partial charge in [-0.25, -0.2) is 9.37 Å². The van der Waals surface area contributed by atoms with Crippen LogP contribution in [0, 0.1) is 28.5 Å². The van der Waals surface area contributed by atoms with Gasteiger partial charge >= 0.3 is 0 Å². The minimum atomic E-state index is -1.05. The van der Waals surface area contributed by atoms with Crippen LogP contribution in [-0.4, -0.2) is 40.4 Å². The molecule has 8 nitrogen and oxygen atoms in total. The Kier molecular flexibility index (Phi) is 8.17. The van der Waals surface area contributed by atoms with Gasteiger partial charge < -0.3 is 21.3 Å². The number of pyridine rings is 1. The maximum Gasteiger partial charge on any atom is 0.251 e. The second kappa shape index (κ2) is 11.3. The van der Waals surface area contributed by atoms with Gasteiger partial charge in [0.2, 0.25) is 0 Å². The minimum absolute atomic E-state index is 0.0382. The van der Waals surface area contributed by atoms with Crippen molar-refractivity contribution in [1.29, 1.82) is 10.5 Å². The molecule has 172 valence electrons. The van der Waals surface area contributed by atoms with Gasteiger partial charge in [-0.1, -0.05) is 24.3 Å². The highest BCUT2D eigenvalue weighted by Gasteiger charge is 2.21. The Morgan fingerprint density at radius 2 is 1.88 bits per heavy atom. The fourth-order valence-electron chi connectivity index (χ4n) is 3.14. The van der Waals surface area contributed by atoms with Crippen LogP contribution in [0.1, 0.15) is 27.0 Å². The number of carbonyl (C=O) groups excluding carboxylic acids is 1. The molecule has 0 bridgehead atoms. The molecule has 0 spiro atoms. The van der Waals surface area contributed by atoms with Crippen LogP contribution >= 0.6 is 11.8 Å². The molecule has 0 aliphatic carbocycles. The fraction of sp³-hybridized carbons (Fsp3) is 0.167. The predicted molar refractivity (Wildman–Crippen MR) is 125 cm³/mol. The Bertz CT molecular complexity index is 1290. The molecule has 1 atom stereocenters. The molecule has 10 heteroatoms. The van der Waals surface area contributed by atoms with Crippen molar-refractivity contribution in [2.45, 2.75) is 16.9 Å². The number of hydrogen-bond acceptors (Lipinski definition) is 8. The monoisotopic (exact) mass is 477 g/mol. The molecule has 0 saturated heterocycles. The number of rotatable bonds is 8. The predicted octanol–water partition coefficient (Wildman–Crippen LogP) is 2.59. The van der Waals surface area contributed by atoms with E-state index in [-0.39, 0.29) is 29.1 Å². The fourth-order valence-corrected chi connectivity index (χ4v) is 4.08. The Morgan fingerprint density at radius 3 is 2.53 bits per heavy atom. The van der Waals surface area contributed by atoms with E-state index in [1.165, 1.54) is 36.0 Å². The lowest BCUT2D eigenvalue weighted by molar-refractivity contribution is 0.0802. The molecule has 34 heavy (non-hydrogen) atoms. The molecule has 5 N–H and O–H groups in total. The number of carbonyl (C=O) groups is 1. The summed E-state index contributed by atoms with van der Waals surface area (Å²) in [4.78, 5) is 16.5. The molecule has 1 unspecified atom stereocenters. The summed E-state index contributed by atoms with van der Waals surface area (Å²) in [5, 5.41) is 40.5. The van der Waals surface area contributed by atoms with Crippen LogP contribution in [0.15, 0.2) is 53.6 Å². The summed E-state index contributed by atoms with van der Waals surface area (Å²) < 4.78 is 13.4. The zero-order chi connectivity index (χ0) is 24.7. The maximum atomic E-state index is 13.4. The third-order valence-corrected chi connectivity index (χ3v) is 5.87. The van der Waals surface area contributed by atoms with Crippen LogP contribution in [0.25, 0.3) is 11.1 Å². The lowest BCUT2D eigenvalue weighted by Crippen LogP contribution is -2.33. The molecule has 1 heterocycles. The van der Waals surface area contributed by atoms with Crippen molar-refractivity contribution in [2.24, 2.45) is 0 Å². The normalized spacial score (nSPS) is 11.3. The number of thioether (sulfide) groups is 1. The van der Waals surface area contributed by atoms with Crippen LogP contribution in [-0.2, 0) is 5.75 Å². The number of nitrogen functional groups attached to an aromatic ring is 1. The van der Waals surface area contributed by atoms with Crippen LogP contribution < -0.4 is 11.1 Å². The van der Waals surface area contributed by atoms with Crippen LogP contribution in [0.5, 0.6) is 0 Å². The first-order valence-corrected chi connectivity index (χ1v) is 11.0. The lowest BCUT2D eigenvalue weighted by atomic mass is 9.97. The van der Waals surface area contributed by atoms with E-state index in [9.17, 15) is 24.8 Å². The minimum Gasteiger partial charge on any atom is -0.394 e. The number of amides is 1. The number of aromatic nitrogens is 1. The topological polar surface area (TPSA) is 156 Å². The lowest BCUT2D eigenvalue weighted by Gasteiger charge is -2.13. The van der Waals surface area contributed by atoms with Crippen molar-refractivity contribution < 1.29 is 19.4 Å². The average molecular weight is 478 g/mol. The smallest absolute Gasteiger partial charge is 0.251 e. The number of aliphatic hydroxyl groups excluding tert-OH is 2. The van der Waals surface area contributed by atoms with Gasteiger partial charge in [-0.15, -0.1) is 11.8 Å². The number of nitrogens with zero attached hydrogens (tertiary/aromatic N) is 3. The van der Waals surface area contributed by atoms with Gasteiger partial charge in [-0.3, -0.25) is 4.79 Å². The van der Waals surface area contributed by atoms with Crippen molar-refractivity contribution in [1.82, 2.24) is 10.3 Å². The first kappa shape index (κ1) is 24.7. The van der Waals surface area contributed by atoms with Gasteiger partial charge in [-0.05, 0) is 35.4 Å². The van der Waals surface area contributed by atoms with E-state index in [1.54, 1.807) is 24.3 Å². The second-order valence-electron chi connectivity index (χ2n) is 7.19. The molecular formula is C24H20FN5O3S. The van der Waals surface area contributed by atoms with E-state index in [1.807, 2.05) is 6.07 Å². The quantitative estimate of drug-likeness (QED) is 0.361. The number of nitrogens with two attached hydrogens (primary N) is 1. The molecule has 0 aliphatic rings. The SMILES string of the molecule is N#Cc1c(N)nc(SCc2cccc(C(=O)NCC(O)CO)c2)c(C#N)c1-c1ccc(F)cc1. The van der Waals surface area contributed by atoms with Crippen LogP contribution in [0.4, 0.5) is 10.2 Å². The molecule has 3 aromatic rings. The summed E-state index contributed by atoms with van der Waals surface area (Å²) >= 11 is 1.21. The van der Waals surface area contributed by atoms with Crippen molar-refractivity contribution in [3.05, 3.63) is 76.6 Å². The standard InChI is InChI=1S/C24H20FN5O3S/c25-17-6-4-15(5-7-17)21-19(9-26)22(28)30-24(20(21)10-27)34-13-14-2-1-3-16(8-14)23(33)29-11-18(32)12-31/h1-8,18,31-32H,11-13H2,(H2,28,30)(H,29,33). The highest BCUT2D eigenvalue weighted by atomic mass is 32.2. The molecule has 1 aromatic heterocycles. The molecule has 0 fully saturated rings. The zero-order valence-corrected chi connectivity index (χ0v) is 18.6. The van der Waals surface area contributed by atoms with E-state index in [0.717, 1.165) is 5.56 Å². The summed E-state index contributed by atoms with van der Waals surface area (Å²) in [5.74, 6) is -0.557. The number of halogens is 1. The van der Waals surface area contributed by atoms with E-state index in [4.69, 9.17) is 10.8 Å². The number of hydrogen-bond donors (Lipinski definition) is 4. The summed E-state index contributed by atoms with van der Waals surface area (Å²) in [7, 11) is 0. The third-order valence-electron chi connectivity index (χ3n) is 4.82. The van der Waals surface area contributed by atoms with Crippen molar-refractivity contribution in [2.75, 3.05) is 18.9 Å². The van der Waals surface area contributed by atoms with Gasteiger partial charge in [0.15, 0.2) is 0 Å². The Labute approximate surface area is 199 Å². The van der Waals surface area contributed by atoms with Gasteiger partial charge in [0.1, 0.15) is 34.4 Å². The molecule has 0 saturated carbocycles. The molecule has 3 rings (SSSR count). The second-order valence-corrected chi connectivity index (χ2v) is 8.16. The van der Waals surface area contributed by atoms with Gasteiger partial charge in [0, 0.05) is 23.4 Å². The van der Waals surface area contributed by atoms with Gasteiger partial charge in [0.25, 0.3) is 5.91 Å². The number of nitriles is 2. The van der Waals surface area contributed by atoms with E-state index >= 15 is 0 Å². The van der Waals surface area contributed by atoms with E-state index in [2.05, 4.69) is 16.4 Å². The molecule has 0 radical (unpaired) electrons. The summed E-state index contributed by atoms with van der Waals surface area (Å²) in [6, 6.07) is 16.2. The average Bonchev–Trinajstić information content (AvgIpc) is 2.86. The van der Waals surface area contributed by atoms with E-state index < -0.39 is 24.4 Å². The summed E-state index contributed by atoms with van der Waals surface area (Å²) in [6.07, 6.45) is -1.05. The number of nitrogens with one attached hydrogen (secondary N) is 1. The maximum absolute atomic E-state index is 13.4. The number of aliphatic hydroxyl groups is 2. The number of anilines is 1. The van der Waals surface area contributed by atoms with Crippen molar-refractivity contribution in [3.63, 3.8) is 0 Å². The van der Waals surface area contributed by atoms with Crippen molar-refractivity contribution >= 4 is 23.5 Å². The summed E-state index contributed by atoms with van der Waals surface area (Å²) in [6.45, 7) is -0.542. The zero-order valence-electron chi connectivity index (χ0n) is 17.8. The molecular weight excluding hydrogens is 457 g/mol. The number of benzene rings is 2. The highest BCUT2D eigenvalue weighted by molar-refractivity contribution is 7.98. The van der Waals surface area contributed by atoms with Crippen molar-refractivity contribution in [3.8, 4) is 23.3 Å². The van der Waals surface area contributed by atoms with Gasteiger partial charge in [0.05, 0.1) is 18.3 Å². The first-order chi connectivity index (χ1) is 16.4. The molecule has 1 amide bonds. The summed E-state index contributed by atoms with van der Waals surface area (Å²) in [5.41, 5.74) is 8.07. The van der Waals surface area contributed by atoms with Gasteiger partial charge in [-0.2, -0.15) is 10.5 Å². The highest BCUT2D eigenvalue weighted by Crippen LogP contribution is 2.36. The van der Waals surface area contributed by atoms with E-state index in [0.29, 0.717) is 21.9 Å².